The van der Waals surface area contributed by atoms with Crippen LogP contribution in [0.2, 0.25) is 0 Å². The first kappa shape index (κ1) is 20.2. The fourth-order valence-corrected chi connectivity index (χ4v) is 3.81. The topological polar surface area (TPSA) is 68.2 Å². The third-order valence-corrected chi connectivity index (χ3v) is 5.69. The molecule has 6 nitrogen and oxygen atoms in total. The van der Waals surface area contributed by atoms with Gasteiger partial charge in [0.1, 0.15) is 17.7 Å². The van der Waals surface area contributed by atoms with E-state index >= 15 is 0 Å². The van der Waals surface area contributed by atoms with Crippen molar-refractivity contribution < 1.29 is 13.9 Å². The molecule has 2 atom stereocenters. The molecule has 30 heavy (non-hydrogen) atoms. The summed E-state index contributed by atoms with van der Waals surface area (Å²) in [6.07, 6.45) is 6.02. The zero-order chi connectivity index (χ0) is 21.1. The number of ether oxygens (including phenoxy) is 1. The first-order valence-corrected chi connectivity index (χ1v) is 10.5. The summed E-state index contributed by atoms with van der Waals surface area (Å²) in [5.41, 5.74) is 1.70. The number of benzene rings is 2. The molecule has 4 rings (SSSR count). The van der Waals surface area contributed by atoms with Gasteiger partial charge < -0.3 is 15.4 Å². The highest BCUT2D eigenvalue weighted by atomic mass is 19.1. The van der Waals surface area contributed by atoms with E-state index in [4.69, 9.17) is 4.74 Å². The highest BCUT2D eigenvalue weighted by Crippen LogP contribution is 2.24. The van der Waals surface area contributed by atoms with Crippen LogP contribution in [0.4, 0.5) is 9.18 Å². The van der Waals surface area contributed by atoms with Gasteiger partial charge >= 0.3 is 6.03 Å². The van der Waals surface area contributed by atoms with Crippen molar-refractivity contribution in [2.45, 2.75) is 57.7 Å². The fourth-order valence-electron chi connectivity index (χ4n) is 3.81. The number of hydrogen-bond donors (Lipinski definition) is 2. The largest absolute Gasteiger partial charge is 0.489 e. The zero-order valence-corrected chi connectivity index (χ0v) is 17.3. The van der Waals surface area contributed by atoms with Crippen LogP contribution in [0.3, 0.4) is 0 Å². The molecular weight excluding hydrogens is 383 g/mol. The molecule has 2 amide bonds. The van der Waals surface area contributed by atoms with Crippen molar-refractivity contribution in [3.63, 3.8) is 0 Å². The molecular formula is C23H27FN4O2. The van der Waals surface area contributed by atoms with Gasteiger partial charge in [-0.1, -0.05) is 12.8 Å². The van der Waals surface area contributed by atoms with E-state index in [-0.39, 0.29) is 30.0 Å². The van der Waals surface area contributed by atoms with E-state index in [1.165, 1.54) is 25.0 Å². The molecule has 0 bridgehead atoms. The average molecular weight is 410 g/mol. The van der Waals surface area contributed by atoms with Gasteiger partial charge in [-0.15, -0.1) is 0 Å². The van der Waals surface area contributed by atoms with E-state index in [0.29, 0.717) is 5.75 Å². The molecule has 2 N–H and O–H groups in total. The Morgan fingerprint density at radius 2 is 1.90 bits per heavy atom. The molecule has 1 heterocycles. The van der Waals surface area contributed by atoms with Gasteiger partial charge in [-0.2, -0.15) is 5.10 Å². The SMILES string of the molecule is C[C@H](NC(=O)NC1CCCC1)[C@@H](C)Oc1ccc2c(cnn2-c2ccc(F)cc2)c1. The minimum absolute atomic E-state index is 0.138. The van der Waals surface area contributed by atoms with Crippen molar-refractivity contribution >= 4 is 16.9 Å². The van der Waals surface area contributed by atoms with Crippen molar-refractivity contribution in [3.8, 4) is 11.4 Å². The maximum Gasteiger partial charge on any atom is 0.315 e. The van der Waals surface area contributed by atoms with E-state index < -0.39 is 0 Å². The van der Waals surface area contributed by atoms with Crippen molar-refractivity contribution in [3.05, 3.63) is 54.5 Å². The monoisotopic (exact) mass is 410 g/mol. The number of nitrogens with one attached hydrogen (secondary N) is 2. The number of urea groups is 1. The van der Waals surface area contributed by atoms with Crippen LogP contribution >= 0.6 is 0 Å². The third-order valence-electron chi connectivity index (χ3n) is 5.69. The number of nitrogens with zero attached hydrogens (tertiary/aromatic N) is 2. The van der Waals surface area contributed by atoms with E-state index in [9.17, 15) is 9.18 Å². The first-order chi connectivity index (χ1) is 14.5. The summed E-state index contributed by atoms with van der Waals surface area (Å²) in [7, 11) is 0. The molecule has 0 saturated heterocycles. The summed E-state index contributed by atoms with van der Waals surface area (Å²) in [4.78, 5) is 12.2. The van der Waals surface area contributed by atoms with Gasteiger partial charge in [0.25, 0.3) is 0 Å². The lowest BCUT2D eigenvalue weighted by Gasteiger charge is -2.24. The Bertz CT molecular complexity index is 1010. The van der Waals surface area contributed by atoms with Crippen LogP contribution in [-0.4, -0.2) is 34.0 Å². The number of halogens is 1. The van der Waals surface area contributed by atoms with Crippen LogP contribution in [-0.2, 0) is 0 Å². The van der Waals surface area contributed by atoms with Crippen LogP contribution < -0.4 is 15.4 Å². The van der Waals surface area contributed by atoms with Gasteiger partial charge in [-0.25, -0.2) is 13.9 Å². The number of amides is 2. The number of aromatic nitrogens is 2. The van der Waals surface area contributed by atoms with Crippen molar-refractivity contribution in [1.82, 2.24) is 20.4 Å². The normalized spacial score (nSPS) is 16.4. The number of carbonyl (C=O) groups is 1. The number of fused-ring (bicyclic) bond motifs is 1. The molecule has 0 aliphatic heterocycles. The molecule has 1 saturated carbocycles. The Kier molecular flexibility index (Phi) is 5.88. The third kappa shape index (κ3) is 4.56. The molecule has 1 fully saturated rings. The van der Waals surface area contributed by atoms with Gasteiger partial charge in [0.05, 0.1) is 23.4 Å². The molecule has 2 aromatic carbocycles. The first-order valence-electron chi connectivity index (χ1n) is 10.5. The molecule has 158 valence electrons. The number of carbonyl (C=O) groups excluding carboxylic acids is 1. The van der Waals surface area contributed by atoms with E-state index in [0.717, 1.165) is 29.4 Å². The van der Waals surface area contributed by atoms with Crippen molar-refractivity contribution in [2.75, 3.05) is 0 Å². The predicted molar refractivity (Wildman–Crippen MR) is 115 cm³/mol. The molecule has 7 heteroatoms. The molecule has 0 radical (unpaired) electrons. The van der Waals surface area contributed by atoms with Gasteiger partial charge in [-0.3, -0.25) is 0 Å². The van der Waals surface area contributed by atoms with Crippen molar-refractivity contribution in [2.24, 2.45) is 0 Å². The Labute approximate surface area is 175 Å². The quantitative estimate of drug-likeness (QED) is 0.626. The second-order valence-electron chi connectivity index (χ2n) is 7.96. The van der Waals surface area contributed by atoms with E-state index in [1.54, 1.807) is 23.0 Å². The summed E-state index contributed by atoms with van der Waals surface area (Å²) in [5, 5.41) is 11.3. The molecule has 0 unspecified atom stereocenters. The Hall–Kier alpha value is -3.09. The molecule has 1 aliphatic rings. The highest BCUT2D eigenvalue weighted by molar-refractivity contribution is 5.81. The molecule has 1 aliphatic carbocycles. The summed E-state index contributed by atoms with van der Waals surface area (Å²) < 4.78 is 21.0. The second-order valence-corrected chi connectivity index (χ2v) is 7.96. The summed E-state index contributed by atoms with van der Waals surface area (Å²) >= 11 is 0. The Morgan fingerprint density at radius 1 is 1.17 bits per heavy atom. The summed E-state index contributed by atoms with van der Waals surface area (Å²) in [6.45, 7) is 3.87. The highest BCUT2D eigenvalue weighted by Gasteiger charge is 2.21. The standard InChI is InChI=1S/C23H27FN4O2/c1-15(26-23(29)27-19-5-3-4-6-19)16(2)30-21-11-12-22-17(13-21)14-25-28(22)20-9-7-18(24)8-10-20/h7-16,19H,3-6H2,1-2H3,(H2,26,27,29)/t15-,16+/m0/s1. The lowest BCUT2D eigenvalue weighted by Crippen LogP contribution is -2.49. The van der Waals surface area contributed by atoms with Gasteiger partial charge in [-0.05, 0) is 69.2 Å². The lowest BCUT2D eigenvalue weighted by molar-refractivity contribution is 0.174. The van der Waals surface area contributed by atoms with Crippen LogP contribution in [0.1, 0.15) is 39.5 Å². The maximum absolute atomic E-state index is 13.2. The van der Waals surface area contributed by atoms with Crippen LogP contribution in [0.15, 0.2) is 48.7 Å². The molecule has 1 aromatic heterocycles. The number of hydrogen-bond acceptors (Lipinski definition) is 3. The number of rotatable bonds is 6. The van der Waals surface area contributed by atoms with E-state index in [2.05, 4.69) is 15.7 Å². The maximum atomic E-state index is 13.2. The molecule has 0 spiro atoms. The Balaban J connectivity index is 1.39. The average Bonchev–Trinajstić information content (AvgIpc) is 3.38. The smallest absolute Gasteiger partial charge is 0.315 e. The van der Waals surface area contributed by atoms with Crippen LogP contribution in [0.5, 0.6) is 5.75 Å². The van der Waals surface area contributed by atoms with Crippen molar-refractivity contribution in [1.29, 1.82) is 0 Å². The summed E-state index contributed by atoms with van der Waals surface area (Å²) in [6, 6.07) is 11.9. The fraction of sp³-hybridized carbons (Fsp3) is 0.391. The van der Waals surface area contributed by atoms with Gasteiger partial charge in [0.15, 0.2) is 0 Å². The van der Waals surface area contributed by atoms with Crippen LogP contribution in [0, 0.1) is 5.82 Å². The Morgan fingerprint density at radius 3 is 2.63 bits per heavy atom. The lowest BCUT2D eigenvalue weighted by atomic mass is 10.2. The second kappa shape index (κ2) is 8.73. The van der Waals surface area contributed by atoms with Gasteiger partial charge in [0.2, 0.25) is 0 Å². The van der Waals surface area contributed by atoms with Gasteiger partial charge in [0, 0.05) is 11.4 Å². The summed E-state index contributed by atoms with van der Waals surface area (Å²) in [5.74, 6) is 0.429. The minimum atomic E-state index is -0.278. The molecule has 3 aromatic rings. The van der Waals surface area contributed by atoms with E-state index in [1.807, 2.05) is 32.0 Å². The predicted octanol–water partition coefficient (Wildman–Crippen LogP) is 4.56. The van der Waals surface area contributed by atoms with Crippen LogP contribution in [0.25, 0.3) is 16.6 Å². The zero-order valence-electron chi connectivity index (χ0n) is 17.3. The minimum Gasteiger partial charge on any atom is -0.489 e.